The number of rotatable bonds is 2. The summed E-state index contributed by atoms with van der Waals surface area (Å²) in [6.07, 6.45) is 2.01. The van der Waals surface area contributed by atoms with Crippen molar-refractivity contribution in [1.82, 2.24) is 0 Å². The Morgan fingerprint density at radius 2 is 2.50 bits per heavy atom. The van der Waals surface area contributed by atoms with Crippen molar-refractivity contribution in [1.29, 1.82) is 0 Å². The molecular formula is C8H15NO3. The molecule has 1 atom stereocenters. The van der Waals surface area contributed by atoms with Gasteiger partial charge in [-0.05, 0) is 12.8 Å². The van der Waals surface area contributed by atoms with Crippen LogP contribution < -0.4 is 5.73 Å². The van der Waals surface area contributed by atoms with Gasteiger partial charge in [0.1, 0.15) is 0 Å². The minimum atomic E-state index is -0.495. The van der Waals surface area contributed by atoms with E-state index in [1.165, 1.54) is 7.11 Å². The molecular weight excluding hydrogens is 158 g/mol. The van der Waals surface area contributed by atoms with E-state index >= 15 is 0 Å². The third kappa shape index (κ3) is 2.46. The molecule has 4 heteroatoms. The van der Waals surface area contributed by atoms with Crippen molar-refractivity contribution < 1.29 is 14.3 Å². The van der Waals surface area contributed by atoms with Gasteiger partial charge in [-0.3, -0.25) is 4.79 Å². The normalized spacial score (nSPS) is 29.8. The molecule has 0 bridgehead atoms. The molecule has 1 fully saturated rings. The van der Waals surface area contributed by atoms with E-state index in [0.717, 1.165) is 19.4 Å². The number of hydrogen-bond acceptors (Lipinski definition) is 4. The zero-order chi connectivity index (χ0) is 9.03. The lowest BCUT2D eigenvalue weighted by Gasteiger charge is -2.31. The fourth-order valence-electron chi connectivity index (χ4n) is 1.37. The zero-order valence-electron chi connectivity index (χ0n) is 7.34. The SMILES string of the molecule is COC(=O)C[C@@]1(N)CCCOC1. The molecule has 0 spiro atoms. The first kappa shape index (κ1) is 9.48. The maximum Gasteiger partial charge on any atom is 0.307 e. The number of ether oxygens (including phenoxy) is 2. The molecule has 1 rings (SSSR count). The molecule has 12 heavy (non-hydrogen) atoms. The lowest BCUT2D eigenvalue weighted by molar-refractivity contribution is -0.143. The highest BCUT2D eigenvalue weighted by atomic mass is 16.5. The molecule has 0 amide bonds. The van der Waals surface area contributed by atoms with Gasteiger partial charge in [-0.2, -0.15) is 0 Å². The molecule has 0 aliphatic carbocycles. The summed E-state index contributed by atoms with van der Waals surface area (Å²) >= 11 is 0. The van der Waals surface area contributed by atoms with Gasteiger partial charge in [-0.1, -0.05) is 0 Å². The van der Waals surface area contributed by atoms with Crippen LogP contribution in [0.15, 0.2) is 0 Å². The van der Waals surface area contributed by atoms with Gasteiger partial charge < -0.3 is 15.2 Å². The van der Waals surface area contributed by atoms with Crippen LogP contribution in [-0.4, -0.2) is 31.8 Å². The molecule has 2 N–H and O–H groups in total. The summed E-state index contributed by atoms with van der Waals surface area (Å²) in [5.74, 6) is -0.261. The van der Waals surface area contributed by atoms with Crippen molar-refractivity contribution >= 4 is 5.97 Å². The van der Waals surface area contributed by atoms with Gasteiger partial charge in [-0.25, -0.2) is 0 Å². The summed E-state index contributed by atoms with van der Waals surface area (Å²) < 4.78 is 9.74. The van der Waals surface area contributed by atoms with Gasteiger partial charge in [0.05, 0.1) is 20.1 Å². The van der Waals surface area contributed by atoms with E-state index in [1.54, 1.807) is 0 Å². The standard InChI is InChI=1S/C8H15NO3/c1-11-7(10)5-8(9)3-2-4-12-6-8/h2-6,9H2,1H3/t8-/m0/s1. The molecule has 4 nitrogen and oxygen atoms in total. The summed E-state index contributed by atoms with van der Waals surface area (Å²) in [7, 11) is 1.37. The molecule has 0 aromatic heterocycles. The summed E-state index contributed by atoms with van der Waals surface area (Å²) in [4.78, 5) is 10.9. The second-order valence-corrected chi connectivity index (χ2v) is 3.27. The maximum atomic E-state index is 10.9. The first-order chi connectivity index (χ1) is 5.66. The Balaban J connectivity index is 2.41. The Kier molecular flexibility index (Phi) is 3.05. The Morgan fingerprint density at radius 3 is 3.00 bits per heavy atom. The fourth-order valence-corrected chi connectivity index (χ4v) is 1.37. The Morgan fingerprint density at radius 1 is 1.75 bits per heavy atom. The van der Waals surface area contributed by atoms with Crippen LogP contribution in [0, 0.1) is 0 Å². The van der Waals surface area contributed by atoms with Crippen LogP contribution in [0.4, 0.5) is 0 Å². The van der Waals surface area contributed by atoms with Crippen molar-refractivity contribution in [3.05, 3.63) is 0 Å². The summed E-state index contributed by atoms with van der Waals surface area (Å²) in [5.41, 5.74) is 5.42. The van der Waals surface area contributed by atoms with Crippen molar-refractivity contribution in [3.63, 3.8) is 0 Å². The molecule has 0 aromatic carbocycles. The van der Waals surface area contributed by atoms with Crippen molar-refractivity contribution in [2.75, 3.05) is 20.3 Å². The predicted molar refractivity (Wildman–Crippen MR) is 43.6 cm³/mol. The number of nitrogens with two attached hydrogens (primary N) is 1. The predicted octanol–water partition coefficient (Wildman–Crippen LogP) is 0.0574. The molecule has 0 unspecified atom stereocenters. The van der Waals surface area contributed by atoms with Gasteiger partial charge in [0.25, 0.3) is 0 Å². The third-order valence-corrected chi connectivity index (χ3v) is 2.08. The lowest BCUT2D eigenvalue weighted by Crippen LogP contribution is -2.49. The van der Waals surface area contributed by atoms with E-state index in [4.69, 9.17) is 10.5 Å². The van der Waals surface area contributed by atoms with Gasteiger partial charge in [0, 0.05) is 12.1 Å². The minimum Gasteiger partial charge on any atom is -0.469 e. The molecule has 1 heterocycles. The average molecular weight is 173 g/mol. The number of carbonyl (C=O) groups excluding carboxylic acids is 1. The molecule has 0 aromatic rings. The first-order valence-corrected chi connectivity index (χ1v) is 4.10. The van der Waals surface area contributed by atoms with E-state index < -0.39 is 5.54 Å². The molecule has 0 saturated carbocycles. The topological polar surface area (TPSA) is 61.5 Å². The number of carbonyl (C=O) groups is 1. The van der Waals surface area contributed by atoms with E-state index in [9.17, 15) is 4.79 Å². The average Bonchev–Trinajstić information content (AvgIpc) is 2.05. The van der Waals surface area contributed by atoms with Crippen LogP contribution in [0.3, 0.4) is 0 Å². The van der Waals surface area contributed by atoms with E-state index in [1.807, 2.05) is 0 Å². The lowest BCUT2D eigenvalue weighted by atomic mass is 9.90. The largest absolute Gasteiger partial charge is 0.469 e. The highest BCUT2D eigenvalue weighted by Crippen LogP contribution is 2.20. The summed E-state index contributed by atoms with van der Waals surface area (Å²) in [5, 5.41) is 0. The molecule has 1 saturated heterocycles. The second kappa shape index (κ2) is 3.87. The van der Waals surface area contributed by atoms with Crippen molar-refractivity contribution in [3.8, 4) is 0 Å². The highest BCUT2D eigenvalue weighted by molar-refractivity contribution is 5.70. The van der Waals surface area contributed by atoms with Crippen LogP contribution in [0.2, 0.25) is 0 Å². The van der Waals surface area contributed by atoms with Crippen molar-refractivity contribution in [2.24, 2.45) is 5.73 Å². The molecule has 0 radical (unpaired) electrons. The van der Waals surface area contributed by atoms with E-state index in [0.29, 0.717) is 6.61 Å². The van der Waals surface area contributed by atoms with Crippen LogP contribution in [0.1, 0.15) is 19.3 Å². The van der Waals surface area contributed by atoms with Crippen LogP contribution in [-0.2, 0) is 14.3 Å². The van der Waals surface area contributed by atoms with E-state index in [-0.39, 0.29) is 12.4 Å². The number of esters is 1. The van der Waals surface area contributed by atoms with Crippen LogP contribution in [0.25, 0.3) is 0 Å². The minimum absolute atomic E-state index is 0.253. The van der Waals surface area contributed by atoms with E-state index in [2.05, 4.69) is 4.74 Å². The third-order valence-electron chi connectivity index (χ3n) is 2.08. The molecule has 1 aliphatic heterocycles. The van der Waals surface area contributed by atoms with Crippen LogP contribution in [0.5, 0.6) is 0 Å². The summed E-state index contributed by atoms with van der Waals surface area (Å²) in [6.45, 7) is 1.21. The molecule has 1 aliphatic rings. The maximum absolute atomic E-state index is 10.9. The highest BCUT2D eigenvalue weighted by Gasteiger charge is 2.31. The Bertz CT molecular complexity index is 164. The quantitative estimate of drug-likeness (QED) is 0.600. The Labute approximate surface area is 72.0 Å². The fraction of sp³-hybridized carbons (Fsp3) is 0.875. The van der Waals surface area contributed by atoms with Gasteiger partial charge in [0.2, 0.25) is 0 Å². The van der Waals surface area contributed by atoms with Gasteiger partial charge in [0.15, 0.2) is 0 Å². The smallest absolute Gasteiger partial charge is 0.307 e. The summed E-state index contributed by atoms with van der Waals surface area (Å²) in [6, 6.07) is 0. The van der Waals surface area contributed by atoms with Gasteiger partial charge in [-0.15, -0.1) is 0 Å². The number of hydrogen-bond donors (Lipinski definition) is 1. The first-order valence-electron chi connectivity index (χ1n) is 4.10. The van der Waals surface area contributed by atoms with Crippen LogP contribution >= 0.6 is 0 Å². The van der Waals surface area contributed by atoms with Crippen molar-refractivity contribution in [2.45, 2.75) is 24.8 Å². The zero-order valence-corrected chi connectivity index (χ0v) is 7.34. The second-order valence-electron chi connectivity index (χ2n) is 3.27. The van der Waals surface area contributed by atoms with Gasteiger partial charge >= 0.3 is 5.97 Å². The molecule has 70 valence electrons. The Hall–Kier alpha value is -0.610. The number of methoxy groups -OCH3 is 1. The monoisotopic (exact) mass is 173 g/mol.